The average Bonchev–Trinajstić information content (AvgIpc) is 2.79. The average molecular weight is 281 g/mol. The number of para-hydroxylation sites is 1. The smallest absolute Gasteiger partial charge is 0.250 e. The summed E-state index contributed by atoms with van der Waals surface area (Å²) in [5, 5.41) is 0. The zero-order valence-electron chi connectivity index (χ0n) is 12.2. The summed E-state index contributed by atoms with van der Waals surface area (Å²) in [4.78, 5) is 11.8. The van der Waals surface area contributed by atoms with Crippen LogP contribution in [0.4, 0.5) is 0 Å². The van der Waals surface area contributed by atoms with Crippen molar-refractivity contribution >= 4 is 0 Å². The van der Waals surface area contributed by atoms with Crippen LogP contribution in [0.5, 0.6) is 5.75 Å². The molecule has 1 aromatic carbocycles. The molecule has 0 saturated carbocycles. The Morgan fingerprint density at radius 1 is 1.29 bits per heavy atom. The number of hydrogen-bond acceptors (Lipinski definition) is 2. The van der Waals surface area contributed by atoms with Gasteiger partial charge < -0.3 is 9.30 Å². The highest BCUT2D eigenvalue weighted by Gasteiger charge is 2.36. The Labute approximate surface area is 124 Å². The summed E-state index contributed by atoms with van der Waals surface area (Å²) in [6.45, 7) is 7.56. The zero-order valence-corrected chi connectivity index (χ0v) is 12.2. The maximum absolute atomic E-state index is 11.8. The van der Waals surface area contributed by atoms with Crippen molar-refractivity contribution < 1.29 is 4.74 Å². The normalized spacial score (nSPS) is 19.9. The van der Waals surface area contributed by atoms with E-state index >= 15 is 0 Å². The molecule has 0 aliphatic carbocycles. The number of hydrogen-bond donors (Lipinski definition) is 0. The minimum Gasteiger partial charge on any atom is -0.492 e. The van der Waals surface area contributed by atoms with E-state index in [1.165, 1.54) is 5.56 Å². The van der Waals surface area contributed by atoms with Gasteiger partial charge in [0.2, 0.25) is 0 Å². The molecule has 1 atom stereocenters. The predicted octanol–water partition coefficient (Wildman–Crippen LogP) is 3.14. The summed E-state index contributed by atoms with van der Waals surface area (Å²) < 4.78 is 7.47. The Balaban J connectivity index is 1.77. The van der Waals surface area contributed by atoms with E-state index in [4.69, 9.17) is 4.74 Å². The van der Waals surface area contributed by atoms with Gasteiger partial charge in [-0.2, -0.15) is 0 Å². The van der Waals surface area contributed by atoms with Crippen molar-refractivity contribution in [1.82, 2.24) is 4.57 Å². The van der Waals surface area contributed by atoms with Gasteiger partial charge in [0.1, 0.15) is 5.75 Å². The van der Waals surface area contributed by atoms with Gasteiger partial charge in [-0.25, -0.2) is 0 Å². The highest BCUT2D eigenvalue weighted by atomic mass is 16.5. The SMILES string of the molecule is C=C(Cn1ccccc1=O)CC1(C)COc2ccccc21. The standard InChI is InChI=1S/C18H19NO2/c1-14(12-19-10-6-5-9-17(19)20)11-18(2)13-21-16-8-4-3-7-15(16)18/h3-10H,1,11-13H2,2H3. The van der Waals surface area contributed by atoms with Crippen LogP contribution in [-0.4, -0.2) is 11.2 Å². The fraction of sp³-hybridized carbons (Fsp3) is 0.278. The number of pyridine rings is 1. The Kier molecular flexibility index (Phi) is 3.42. The molecule has 3 nitrogen and oxygen atoms in total. The lowest BCUT2D eigenvalue weighted by Gasteiger charge is -2.24. The number of fused-ring (bicyclic) bond motifs is 1. The summed E-state index contributed by atoms with van der Waals surface area (Å²) in [7, 11) is 0. The molecule has 0 bridgehead atoms. The third-order valence-corrected chi connectivity index (χ3v) is 4.02. The topological polar surface area (TPSA) is 31.2 Å². The van der Waals surface area contributed by atoms with Crippen molar-refractivity contribution in [2.24, 2.45) is 0 Å². The van der Waals surface area contributed by atoms with E-state index in [1.807, 2.05) is 24.3 Å². The Morgan fingerprint density at radius 2 is 2.05 bits per heavy atom. The quantitative estimate of drug-likeness (QED) is 0.806. The van der Waals surface area contributed by atoms with Crippen molar-refractivity contribution in [2.75, 3.05) is 6.61 Å². The first-order chi connectivity index (χ1) is 10.1. The Morgan fingerprint density at radius 3 is 2.86 bits per heavy atom. The van der Waals surface area contributed by atoms with Gasteiger partial charge in [0, 0.05) is 29.8 Å². The predicted molar refractivity (Wildman–Crippen MR) is 83.7 cm³/mol. The number of benzene rings is 1. The number of ether oxygens (including phenoxy) is 1. The molecule has 0 spiro atoms. The van der Waals surface area contributed by atoms with Gasteiger partial charge in [-0.1, -0.05) is 43.3 Å². The van der Waals surface area contributed by atoms with Gasteiger partial charge in [-0.3, -0.25) is 4.79 Å². The molecule has 21 heavy (non-hydrogen) atoms. The van der Waals surface area contributed by atoms with Crippen LogP contribution in [0.25, 0.3) is 0 Å². The van der Waals surface area contributed by atoms with Gasteiger partial charge in [0.25, 0.3) is 5.56 Å². The van der Waals surface area contributed by atoms with E-state index in [0.717, 1.165) is 17.7 Å². The molecule has 0 fully saturated rings. The first-order valence-electron chi connectivity index (χ1n) is 7.13. The number of nitrogens with zero attached hydrogens (tertiary/aromatic N) is 1. The van der Waals surface area contributed by atoms with Crippen LogP contribution < -0.4 is 10.3 Å². The summed E-state index contributed by atoms with van der Waals surface area (Å²) in [6, 6.07) is 13.3. The number of allylic oxidation sites excluding steroid dienone is 1. The molecule has 2 aromatic rings. The lowest BCUT2D eigenvalue weighted by atomic mass is 9.79. The molecule has 1 aliphatic heterocycles. The molecule has 0 amide bonds. The van der Waals surface area contributed by atoms with Crippen molar-refractivity contribution in [2.45, 2.75) is 25.3 Å². The van der Waals surface area contributed by atoms with Crippen LogP contribution in [0.1, 0.15) is 18.9 Å². The van der Waals surface area contributed by atoms with Crippen LogP contribution in [0.15, 0.2) is 65.6 Å². The van der Waals surface area contributed by atoms with Crippen LogP contribution in [0, 0.1) is 0 Å². The lowest BCUT2D eigenvalue weighted by Crippen LogP contribution is -2.26. The summed E-state index contributed by atoms with van der Waals surface area (Å²) in [6.07, 6.45) is 2.61. The highest BCUT2D eigenvalue weighted by molar-refractivity contribution is 5.43. The monoisotopic (exact) mass is 281 g/mol. The Hall–Kier alpha value is -2.29. The second-order valence-corrected chi connectivity index (χ2v) is 5.94. The van der Waals surface area contributed by atoms with E-state index in [1.54, 1.807) is 22.9 Å². The van der Waals surface area contributed by atoms with Gasteiger partial charge in [-0.15, -0.1) is 0 Å². The van der Waals surface area contributed by atoms with Crippen molar-refractivity contribution in [3.8, 4) is 5.75 Å². The second kappa shape index (κ2) is 5.24. The molecule has 3 heteroatoms. The van der Waals surface area contributed by atoms with Crippen LogP contribution in [-0.2, 0) is 12.0 Å². The summed E-state index contributed by atoms with van der Waals surface area (Å²) >= 11 is 0. The van der Waals surface area contributed by atoms with Gasteiger partial charge in [-0.05, 0) is 18.6 Å². The van der Waals surface area contributed by atoms with Gasteiger partial charge in [0.05, 0.1) is 6.61 Å². The van der Waals surface area contributed by atoms with Crippen LogP contribution in [0.2, 0.25) is 0 Å². The largest absolute Gasteiger partial charge is 0.492 e. The molecular formula is C18H19NO2. The molecule has 0 saturated heterocycles. The van der Waals surface area contributed by atoms with E-state index in [2.05, 4.69) is 19.6 Å². The highest BCUT2D eigenvalue weighted by Crippen LogP contribution is 2.42. The number of aromatic nitrogens is 1. The summed E-state index contributed by atoms with van der Waals surface area (Å²) in [5.74, 6) is 0.963. The maximum atomic E-state index is 11.8. The van der Waals surface area contributed by atoms with Gasteiger partial charge >= 0.3 is 0 Å². The molecule has 1 unspecified atom stereocenters. The third kappa shape index (κ3) is 2.64. The molecule has 2 heterocycles. The molecule has 0 radical (unpaired) electrons. The second-order valence-electron chi connectivity index (χ2n) is 5.94. The van der Waals surface area contributed by atoms with E-state index < -0.39 is 0 Å². The first kappa shape index (κ1) is 13.7. The third-order valence-electron chi connectivity index (χ3n) is 4.02. The molecule has 1 aliphatic rings. The minimum atomic E-state index is -0.0634. The van der Waals surface area contributed by atoms with Crippen molar-refractivity contribution in [3.63, 3.8) is 0 Å². The number of rotatable bonds is 4. The molecule has 1 aromatic heterocycles. The molecule has 3 rings (SSSR count). The van der Waals surface area contributed by atoms with E-state index in [0.29, 0.717) is 13.2 Å². The Bertz CT molecular complexity index is 732. The van der Waals surface area contributed by atoms with Crippen LogP contribution >= 0.6 is 0 Å². The first-order valence-corrected chi connectivity index (χ1v) is 7.13. The van der Waals surface area contributed by atoms with E-state index in [-0.39, 0.29) is 11.0 Å². The molecule has 108 valence electrons. The van der Waals surface area contributed by atoms with E-state index in [9.17, 15) is 4.79 Å². The van der Waals surface area contributed by atoms with Crippen molar-refractivity contribution in [3.05, 3.63) is 76.7 Å². The maximum Gasteiger partial charge on any atom is 0.250 e. The molecular weight excluding hydrogens is 262 g/mol. The van der Waals surface area contributed by atoms with Gasteiger partial charge in [0.15, 0.2) is 0 Å². The summed E-state index contributed by atoms with van der Waals surface area (Å²) in [5.41, 5.74) is 2.20. The van der Waals surface area contributed by atoms with Crippen LogP contribution in [0.3, 0.4) is 0 Å². The zero-order chi connectivity index (χ0) is 14.9. The minimum absolute atomic E-state index is 0.00637. The lowest BCUT2D eigenvalue weighted by molar-refractivity contribution is 0.275. The molecule has 0 N–H and O–H groups in total. The van der Waals surface area contributed by atoms with Crippen molar-refractivity contribution in [1.29, 1.82) is 0 Å². The fourth-order valence-corrected chi connectivity index (χ4v) is 2.99. The fourth-order valence-electron chi connectivity index (χ4n) is 2.99.